The molecule has 0 amide bonds. The largest absolute Gasteiger partial charge is 0.496 e. The van der Waals surface area contributed by atoms with Gasteiger partial charge >= 0.3 is 0 Å². The number of thiophene rings is 1. The Morgan fingerprint density at radius 1 is 1.04 bits per heavy atom. The van der Waals surface area contributed by atoms with E-state index in [4.69, 9.17) is 15.2 Å². The Kier molecular flexibility index (Phi) is 4.49. The van der Waals surface area contributed by atoms with E-state index in [0.29, 0.717) is 6.54 Å². The fourth-order valence-corrected chi connectivity index (χ4v) is 4.19. The molecule has 2 aromatic carbocycles. The second-order valence-corrected chi connectivity index (χ2v) is 7.01. The standard InChI is InChI=1S/C21H20N2O2S/c1-24-17-6-5-16-21(15-8-10-26-19(15)12-23-16)20(17)14-4-3-13(7-9-22)18(11-14)25-2/h3-6,8,10-12H,7,9,22H2,1-2H3. The molecule has 0 spiro atoms. The summed E-state index contributed by atoms with van der Waals surface area (Å²) < 4.78 is 12.5. The summed E-state index contributed by atoms with van der Waals surface area (Å²) in [5, 5.41) is 4.40. The van der Waals surface area contributed by atoms with E-state index in [9.17, 15) is 0 Å². The SMILES string of the molecule is COc1cc(-c2c(OC)ccc3ncc4sccc4c23)ccc1CCN. The number of ether oxygens (including phenoxy) is 2. The summed E-state index contributed by atoms with van der Waals surface area (Å²) in [6, 6.07) is 12.4. The van der Waals surface area contributed by atoms with Gasteiger partial charge in [-0.25, -0.2) is 0 Å². The normalized spacial score (nSPS) is 11.2. The van der Waals surface area contributed by atoms with Crippen molar-refractivity contribution in [1.82, 2.24) is 4.98 Å². The van der Waals surface area contributed by atoms with Crippen molar-refractivity contribution in [3.63, 3.8) is 0 Å². The molecule has 0 fully saturated rings. The number of hydrogen-bond acceptors (Lipinski definition) is 5. The van der Waals surface area contributed by atoms with E-state index in [1.807, 2.05) is 18.3 Å². The van der Waals surface area contributed by atoms with Gasteiger partial charge in [0.05, 0.1) is 24.4 Å². The molecule has 4 aromatic rings. The van der Waals surface area contributed by atoms with Gasteiger partial charge in [0.15, 0.2) is 0 Å². The van der Waals surface area contributed by atoms with Crippen LogP contribution in [0.2, 0.25) is 0 Å². The van der Waals surface area contributed by atoms with Gasteiger partial charge in [-0.05, 0) is 53.7 Å². The molecule has 0 aliphatic carbocycles. The van der Waals surface area contributed by atoms with Crippen LogP contribution >= 0.6 is 11.3 Å². The molecule has 0 bridgehead atoms. The van der Waals surface area contributed by atoms with E-state index in [0.717, 1.165) is 45.5 Å². The maximum atomic E-state index is 5.72. The lowest BCUT2D eigenvalue weighted by Gasteiger charge is -2.15. The number of nitrogens with two attached hydrogens (primary N) is 1. The number of fused-ring (bicyclic) bond motifs is 3. The summed E-state index contributed by atoms with van der Waals surface area (Å²) >= 11 is 1.69. The summed E-state index contributed by atoms with van der Waals surface area (Å²) in [6.45, 7) is 0.590. The van der Waals surface area contributed by atoms with Crippen LogP contribution < -0.4 is 15.2 Å². The van der Waals surface area contributed by atoms with Crippen LogP contribution in [-0.4, -0.2) is 25.7 Å². The van der Waals surface area contributed by atoms with Gasteiger partial charge in [0.2, 0.25) is 0 Å². The maximum absolute atomic E-state index is 5.72. The number of nitrogens with zero attached hydrogens (tertiary/aromatic N) is 1. The van der Waals surface area contributed by atoms with Crippen molar-refractivity contribution in [2.45, 2.75) is 6.42 Å². The van der Waals surface area contributed by atoms with Crippen LogP contribution in [0, 0.1) is 0 Å². The van der Waals surface area contributed by atoms with Crippen LogP contribution in [0.25, 0.3) is 32.1 Å². The van der Waals surface area contributed by atoms with E-state index in [2.05, 4.69) is 34.6 Å². The number of rotatable bonds is 5. The molecular formula is C21H20N2O2S. The second-order valence-electron chi connectivity index (χ2n) is 6.06. The van der Waals surface area contributed by atoms with Gasteiger partial charge in [0, 0.05) is 22.5 Å². The topological polar surface area (TPSA) is 57.4 Å². The highest BCUT2D eigenvalue weighted by atomic mass is 32.1. The molecule has 0 radical (unpaired) electrons. The molecule has 4 nitrogen and oxygen atoms in total. The third kappa shape index (κ3) is 2.69. The first-order valence-electron chi connectivity index (χ1n) is 8.47. The van der Waals surface area contributed by atoms with Crippen molar-refractivity contribution in [3.8, 4) is 22.6 Å². The molecule has 132 valence electrons. The van der Waals surface area contributed by atoms with Crippen LogP contribution in [-0.2, 0) is 6.42 Å². The van der Waals surface area contributed by atoms with E-state index < -0.39 is 0 Å². The third-order valence-corrected chi connectivity index (χ3v) is 5.49. The van der Waals surface area contributed by atoms with Gasteiger partial charge in [-0.2, -0.15) is 0 Å². The molecule has 4 rings (SSSR count). The van der Waals surface area contributed by atoms with Crippen molar-refractivity contribution >= 4 is 32.3 Å². The number of hydrogen-bond donors (Lipinski definition) is 1. The average Bonchev–Trinajstić information content (AvgIpc) is 3.16. The van der Waals surface area contributed by atoms with E-state index >= 15 is 0 Å². The second kappa shape index (κ2) is 6.94. The lowest BCUT2D eigenvalue weighted by atomic mass is 9.95. The first kappa shape index (κ1) is 16.8. The minimum absolute atomic E-state index is 0.590. The zero-order valence-corrected chi connectivity index (χ0v) is 15.6. The van der Waals surface area contributed by atoms with Crippen molar-refractivity contribution in [1.29, 1.82) is 0 Å². The van der Waals surface area contributed by atoms with Crippen LogP contribution in [0.3, 0.4) is 0 Å². The van der Waals surface area contributed by atoms with Gasteiger partial charge < -0.3 is 15.2 Å². The van der Waals surface area contributed by atoms with Crippen LogP contribution in [0.5, 0.6) is 11.5 Å². The maximum Gasteiger partial charge on any atom is 0.127 e. The first-order chi connectivity index (χ1) is 12.8. The van der Waals surface area contributed by atoms with Crippen molar-refractivity contribution in [2.24, 2.45) is 5.73 Å². The van der Waals surface area contributed by atoms with Gasteiger partial charge in [-0.15, -0.1) is 11.3 Å². The molecule has 0 aliphatic heterocycles. The average molecular weight is 364 g/mol. The zero-order valence-electron chi connectivity index (χ0n) is 14.8. The Labute approximate surface area is 156 Å². The lowest BCUT2D eigenvalue weighted by molar-refractivity contribution is 0.409. The summed E-state index contributed by atoms with van der Waals surface area (Å²) in [4.78, 5) is 4.64. The highest BCUT2D eigenvalue weighted by Gasteiger charge is 2.16. The Hall–Kier alpha value is -2.63. The highest BCUT2D eigenvalue weighted by molar-refractivity contribution is 7.17. The van der Waals surface area contributed by atoms with Gasteiger partial charge in [0.25, 0.3) is 0 Å². The molecule has 0 saturated carbocycles. The number of benzene rings is 2. The van der Waals surface area contributed by atoms with E-state index in [-0.39, 0.29) is 0 Å². The number of methoxy groups -OCH3 is 2. The molecular weight excluding hydrogens is 344 g/mol. The van der Waals surface area contributed by atoms with Gasteiger partial charge in [0.1, 0.15) is 11.5 Å². The summed E-state index contributed by atoms with van der Waals surface area (Å²) in [5.74, 6) is 1.67. The molecule has 2 aromatic heterocycles. The van der Waals surface area contributed by atoms with Gasteiger partial charge in [-0.3, -0.25) is 4.98 Å². The monoisotopic (exact) mass is 364 g/mol. The quantitative estimate of drug-likeness (QED) is 0.561. The Balaban J connectivity index is 2.05. The zero-order chi connectivity index (χ0) is 18.1. The number of pyridine rings is 1. The van der Waals surface area contributed by atoms with Crippen molar-refractivity contribution in [3.05, 3.63) is 53.5 Å². The van der Waals surface area contributed by atoms with Crippen molar-refractivity contribution in [2.75, 3.05) is 20.8 Å². The Morgan fingerprint density at radius 2 is 1.88 bits per heavy atom. The van der Waals surface area contributed by atoms with E-state index in [1.165, 1.54) is 10.1 Å². The fourth-order valence-electron chi connectivity index (χ4n) is 3.43. The first-order valence-corrected chi connectivity index (χ1v) is 9.35. The minimum atomic E-state index is 0.590. The van der Waals surface area contributed by atoms with Crippen LogP contribution in [0.1, 0.15) is 5.56 Å². The van der Waals surface area contributed by atoms with E-state index in [1.54, 1.807) is 25.6 Å². The smallest absolute Gasteiger partial charge is 0.127 e. The van der Waals surface area contributed by atoms with Crippen molar-refractivity contribution < 1.29 is 9.47 Å². The predicted molar refractivity (Wildman–Crippen MR) is 108 cm³/mol. The lowest BCUT2D eigenvalue weighted by Crippen LogP contribution is -2.04. The van der Waals surface area contributed by atoms with Crippen LogP contribution in [0.4, 0.5) is 0 Å². The predicted octanol–water partition coefficient (Wildman–Crippen LogP) is 4.63. The number of aromatic nitrogens is 1. The molecule has 0 saturated heterocycles. The summed E-state index contributed by atoms with van der Waals surface area (Å²) in [6.07, 6.45) is 2.72. The summed E-state index contributed by atoms with van der Waals surface area (Å²) in [5.41, 5.74) is 9.87. The van der Waals surface area contributed by atoms with Gasteiger partial charge in [-0.1, -0.05) is 12.1 Å². The minimum Gasteiger partial charge on any atom is -0.496 e. The Morgan fingerprint density at radius 3 is 2.65 bits per heavy atom. The molecule has 26 heavy (non-hydrogen) atoms. The molecule has 5 heteroatoms. The van der Waals surface area contributed by atoms with Crippen LogP contribution in [0.15, 0.2) is 48.0 Å². The molecule has 2 N–H and O–H groups in total. The molecule has 2 heterocycles. The highest BCUT2D eigenvalue weighted by Crippen LogP contribution is 2.42. The molecule has 0 atom stereocenters. The Bertz CT molecular complexity index is 1090. The summed E-state index contributed by atoms with van der Waals surface area (Å²) in [7, 11) is 3.39. The molecule has 0 unspecified atom stereocenters. The molecule has 0 aliphatic rings. The fraction of sp³-hybridized carbons (Fsp3) is 0.190. The third-order valence-electron chi connectivity index (χ3n) is 4.64.